The molecule has 84 valence electrons. The molecular formula is C13H21NO. The summed E-state index contributed by atoms with van der Waals surface area (Å²) in [5.41, 5.74) is 7.04. The molecule has 0 spiro atoms. The van der Waals surface area contributed by atoms with Crippen molar-refractivity contribution >= 4 is 5.91 Å². The second kappa shape index (κ2) is 8.04. The number of nitrogens with two attached hydrogens (primary N) is 1. The maximum atomic E-state index is 11.1. The second-order valence-corrected chi connectivity index (χ2v) is 3.56. The predicted molar refractivity (Wildman–Crippen MR) is 65.4 cm³/mol. The van der Waals surface area contributed by atoms with E-state index in [1.54, 1.807) is 6.08 Å². The summed E-state index contributed by atoms with van der Waals surface area (Å²) in [6, 6.07) is 0. The predicted octanol–water partition coefficient (Wildman–Crippen LogP) is 3.11. The Morgan fingerprint density at radius 2 is 2.00 bits per heavy atom. The number of allylic oxidation sites excluding steroid dienone is 4. The molecule has 0 atom stereocenters. The van der Waals surface area contributed by atoms with Gasteiger partial charge in [0.1, 0.15) is 0 Å². The first-order chi connectivity index (χ1) is 7.11. The molecule has 0 rings (SSSR count). The highest BCUT2D eigenvalue weighted by Gasteiger charge is 2.00. The van der Waals surface area contributed by atoms with Crippen LogP contribution in [0.1, 0.15) is 40.0 Å². The summed E-state index contributed by atoms with van der Waals surface area (Å²) < 4.78 is 0. The maximum Gasteiger partial charge on any atom is 0.248 e. The molecule has 0 aliphatic heterocycles. The Bertz CT molecular complexity index is 285. The van der Waals surface area contributed by atoms with Crippen LogP contribution in [0.4, 0.5) is 0 Å². The topological polar surface area (TPSA) is 43.1 Å². The molecule has 2 heteroatoms. The van der Waals surface area contributed by atoms with Crippen LogP contribution in [-0.2, 0) is 4.79 Å². The Morgan fingerprint density at radius 3 is 2.47 bits per heavy atom. The number of hydrogen-bond acceptors (Lipinski definition) is 1. The van der Waals surface area contributed by atoms with Crippen molar-refractivity contribution in [2.24, 2.45) is 5.73 Å². The van der Waals surface area contributed by atoms with Crippen LogP contribution >= 0.6 is 0 Å². The lowest BCUT2D eigenvalue weighted by Gasteiger charge is -1.99. The molecule has 0 aromatic heterocycles. The van der Waals surface area contributed by atoms with E-state index >= 15 is 0 Å². The van der Waals surface area contributed by atoms with E-state index in [9.17, 15) is 4.79 Å². The molecule has 0 aromatic rings. The second-order valence-electron chi connectivity index (χ2n) is 3.56. The maximum absolute atomic E-state index is 11.1. The van der Waals surface area contributed by atoms with Crippen LogP contribution in [0.2, 0.25) is 0 Å². The number of rotatable bonds is 6. The van der Waals surface area contributed by atoms with Crippen molar-refractivity contribution in [1.29, 1.82) is 0 Å². The molecule has 15 heavy (non-hydrogen) atoms. The Balaban J connectivity index is 4.67. The third-order valence-corrected chi connectivity index (χ3v) is 1.98. The van der Waals surface area contributed by atoms with E-state index in [1.165, 1.54) is 5.57 Å². The molecule has 0 aliphatic carbocycles. The summed E-state index contributed by atoms with van der Waals surface area (Å²) in [4.78, 5) is 11.1. The van der Waals surface area contributed by atoms with E-state index in [4.69, 9.17) is 5.73 Å². The lowest BCUT2D eigenvalue weighted by Crippen LogP contribution is -2.12. The molecule has 0 saturated heterocycles. The zero-order valence-corrected chi connectivity index (χ0v) is 9.92. The first-order valence-electron chi connectivity index (χ1n) is 5.45. The van der Waals surface area contributed by atoms with Crippen molar-refractivity contribution in [2.75, 3.05) is 0 Å². The summed E-state index contributed by atoms with van der Waals surface area (Å²) in [6.45, 7) is 6.18. The number of carbonyl (C=O) groups excluding carboxylic acids is 1. The van der Waals surface area contributed by atoms with Gasteiger partial charge >= 0.3 is 0 Å². The van der Waals surface area contributed by atoms with Gasteiger partial charge in [0.25, 0.3) is 0 Å². The van der Waals surface area contributed by atoms with Crippen molar-refractivity contribution in [3.05, 3.63) is 35.5 Å². The molecule has 2 nitrogen and oxygen atoms in total. The normalized spacial score (nSPS) is 13.5. The average molecular weight is 207 g/mol. The third kappa shape index (κ3) is 6.72. The first kappa shape index (κ1) is 13.7. The van der Waals surface area contributed by atoms with Crippen LogP contribution in [-0.4, -0.2) is 5.91 Å². The van der Waals surface area contributed by atoms with Gasteiger partial charge in [-0.2, -0.15) is 0 Å². The molecule has 2 N–H and O–H groups in total. The highest BCUT2D eigenvalue weighted by molar-refractivity contribution is 5.95. The fourth-order valence-electron chi connectivity index (χ4n) is 1.24. The van der Waals surface area contributed by atoms with Crippen molar-refractivity contribution < 1.29 is 4.79 Å². The monoisotopic (exact) mass is 207 g/mol. The molecule has 0 fully saturated rings. The third-order valence-electron chi connectivity index (χ3n) is 1.98. The van der Waals surface area contributed by atoms with Crippen molar-refractivity contribution in [1.82, 2.24) is 0 Å². The minimum Gasteiger partial charge on any atom is -0.366 e. The molecule has 0 aromatic carbocycles. The molecule has 0 saturated carbocycles. The van der Waals surface area contributed by atoms with E-state index in [1.807, 2.05) is 32.1 Å². The Labute approximate surface area is 92.6 Å². The summed E-state index contributed by atoms with van der Waals surface area (Å²) in [5.74, 6) is -0.369. The lowest BCUT2D eigenvalue weighted by atomic mass is 10.1. The number of hydrogen-bond donors (Lipinski definition) is 1. The smallest absolute Gasteiger partial charge is 0.248 e. The van der Waals surface area contributed by atoms with Gasteiger partial charge in [0.2, 0.25) is 5.91 Å². The van der Waals surface area contributed by atoms with Crippen LogP contribution in [0.25, 0.3) is 0 Å². The summed E-state index contributed by atoms with van der Waals surface area (Å²) >= 11 is 0. The zero-order valence-electron chi connectivity index (χ0n) is 9.92. The highest BCUT2D eigenvalue weighted by Crippen LogP contribution is 2.08. The molecule has 0 aliphatic rings. The van der Waals surface area contributed by atoms with Crippen LogP contribution in [0.5, 0.6) is 0 Å². The minimum atomic E-state index is -0.369. The summed E-state index contributed by atoms with van der Waals surface area (Å²) in [7, 11) is 0. The van der Waals surface area contributed by atoms with Gasteiger partial charge in [-0.25, -0.2) is 0 Å². The number of amides is 1. The van der Waals surface area contributed by atoms with E-state index < -0.39 is 0 Å². The largest absolute Gasteiger partial charge is 0.366 e. The minimum absolute atomic E-state index is 0.369. The average Bonchev–Trinajstić information content (AvgIpc) is 2.16. The Hall–Kier alpha value is -1.31. The fraction of sp³-hybridized carbons (Fsp3) is 0.462. The fourth-order valence-corrected chi connectivity index (χ4v) is 1.24. The van der Waals surface area contributed by atoms with E-state index in [0.29, 0.717) is 5.57 Å². The van der Waals surface area contributed by atoms with Crippen LogP contribution in [0.3, 0.4) is 0 Å². The van der Waals surface area contributed by atoms with Crippen molar-refractivity contribution in [3.8, 4) is 0 Å². The molecule has 0 bridgehead atoms. The molecule has 0 unspecified atom stereocenters. The molecule has 1 amide bonds. The van der Waals surface area contributed by atoms with E-state index in [2.05, 4.69) is 6.92 Å². The van der Waals surface area contributed by atoms with Crippen LogP contribution in [0.15, 0.2) is 35.5 Å². The Kier molecular flexibility index (Phi) is 7.33. The zero-order chi connectivity index (χ0) is 11.7. The summed E-state index contributed by atoms with van der Waals surface area (Å²) in [6.07, 6.45) is 10.5. The van der Waals surface area contributed by atoms with Crippen LogP contribution < -0.4 is 5.73 Å². The Morgan fingerprint density at radius 1 is 1.33 bits per heavy atom. The van der Waals surface area contributed by atoms with Gasteiger partial charge < -0.3 is 5.73 Å². The molecule has 0 heterocycles. The molecule has 0 radical (unpaired) electrons. The number of primary amides is 1. The van der Waals surface area contributed by atoms with Gasteiger partial charge in [-0.3, -0.25) is 4.79 Å². The van der Waals surface area contributed by atoms with Gasteiger partial charge in [0.05, 0.1) is 0 Å². The van der Waals surface area contributed by atoms with Gasteiger partial charge in [-0.1, -0.05) is 44.1 Å². The van der Waals surface area contributed by atoms with E-state index in [-0.39, 0.29) is 5.91 Å². The van der Waals surface area contributed by atoms with Gasteiger partial charge in [0, 0.05) is 5.57 Å². The van der Waals surface area contributed by atoms with Crippen LogP contribution in [0, 0.1) is 0 Å². The number of carbonyl (C=O) groups is 1. The van der Waals surface area contributed by atoms with E-state index in [0.717, 1.165) is 19.3 Å². The molecular weight excluding hydrogens is 186 g/mol. The van der Waals surface area contributed by atoms with Crippen molar-refractivity contribution in [3.63, 3.8) is 0 Å². The quantitative estimate of drug-likeness (QED) is 0.528. The van der Waals surface area contributed by atoms with Gasteiger partial charge in [-0.15, -0.1) is 0 Å². The van der Waals surface area contributed by atoms with Gasteiger partial charge in [-0.05, 0) is 25.8 Å². The first-order valence-corrected chi connectivity index (χ1v) is 5.45. The SMILES string of the molecule is CC/C=C/C=C(\C=C(/C)CCC)C(N)=O. The summed E-state index contributed by atoms with van der Waals surface area (Å²) in [5, 5.41) is 0. The standard InChI is InChI=1S/C13H21NO/c1-4-6-7-9-12(13(14)15)10-11(3)8-5-2/h6-7,9-10H,4-5,8H2,1-3H3,(H2,14,15)/b7-6+,11-10+,12-9+. The lowest BCUT2D eigenvalue weighted by molar-refractivity contribution is -0.114. The highest BCUT2D eigenvalue weighted by atomic mass is 16.1. The van der Waals surface area contributed by atoms with Gasteiger partial charge in [0.15, 0.2) is 0 Å². The van der Waals surface area contributed by atoms with Crippen molar-refractivity contribution in [2.45, 2.75) is 40.0 Å².